The van der Waals surface area contributed by atoms with Crippen LogP contribution >= 0.6 is 0 Å². The summed E-state index contributed by atoms with van der Waals surface area (Å²) in [5.74, 6) is 1.17. The third kappa shape index (κ3) is 2.83. The molecule has 1 aliphatic heterocycles. The molecule has 2 heterocycles. The van der Waals surface area contributed by atoms with Crippen molar-refractivity contribution in [2.24, 2.45) is 0 Å². The molecule has 1 fully saturated rings. The van der Waals surface area contributed by atoms with Crippen LogP contribution in [0.4, 0.5) is 0 Å². The lowest BCUT2D eigenvalue weighted by atomic mass is 10.2. The lowest BCUT2D eigenvalue weighted by Crippen LogP contribution is -2.35. The molecule has 1 aliphatic rings. The first-order valence-electron chi connectivity index (χ1n) is 6.21. The molecule has 0 spiro atoms. The molecule has 1 atom stereocenters. The van der Waals surface area contributed by atoms with Gasteiger partial charge in [0, 0.05) is 31.5 Å². The van der Waals surface area contributed by atoms with E-state index in [9.17, 15) is 0 Å². The van der Waals surface area contributed by atoms with Crippen LogP contribution in [0.2, 0.25) is 0 Å². The van der Waals surface area contributed by atoms with E-state index in [0.717, 1.165) is 19.6 Å². The maximum absolute atomic E-state index is 4.40. The van der Waals surface area contributed by atoms with Gasteiger partial charge in [0.05, 0.1) is 6.54 Å². The minimum atomic E-state index is 0.676. The molecule has 1 aromatic heterocycles. The van der Waals surface area contributed by atoms with Gasteiger partial charge < -0.3 is 9.88 Å². The highest BCUT2D eigenvalue weighted by Crippen LogP contribution is 2.08. The monoisotopic (exact) mass is 222 g/mol. The van der Waals surface area contributed by atoms with Crippen molar-refractivity contribution in [3.63, 3.8) is 0 Å². The summed E-state index contributed by atoms with van der Waals surface area (Å²) in [5.41, 5.74) is 0. The zero-order valence-electron chi connectivity index (χ0n) is 10.3. The fraction of sp³-hybridized carbons (Fsp3) is 0.750. The molecular formula is C12H22N4. The van der Waals surface area contributed by atoms with Crippen LogP contribution in [0, 0.1) is 0 Å². The maximum Gasteiger partial charge on any atom is 0.122 e. The third-order valence-electron chi connectivity index (χ3n) is 3.25. The van der Waals surface area contributed by atoms with Gasteiger partial charge in [0.15, 0.2) is 0 Å². The molecule has 1 N–H and O–H groups in total. The van der Waals surface area contributed by atoms with Gasteiger partial charge in [-0.2, -0.15) is 0 Å². The summed E-state index contributed by atoms with van der Waals surface area (Å²) in [5, 5.41) is 3.53. The Kier molecular flexibility index (Phi) is 3.96. The molecule has 4 nitrogen and oxygen atoms in total. The Hall–Kier alpha value is -0.870. The Morgan fingerprint density at radius 2 is 2.50 bits per heavy atom. The minimum absolute atomic E-state index is 0.676. The number of imidazole rings is 1. The number of hydrogen-bond donors (Lipinski definition) is 1. The SMILES string of the molecule is CCn1ccnc1CN(C)CC1CCCN1. The summed E-state index contributed by atoms with van der Waals surface area (Å²) >= 11 is 0. The van der Waals surface area contributed by atoms with Gasteiger partial charge in [-0.25, -0.2) is 4.98 Å². The van der Waals surface area contributed by atoms with E-state index in [4.69, 9.17) is 0 Å². The highest BCUT2D eigenvalue weighted by atomic mass is 15.2. The largest absolute Gasteiger partial charge is 0.334 e. The summed E-state index contributed by atoms with van der Waals surface area (Å²) in [6.07, 6.45) is 6.58. The van der Waals surface area contributed by atoms with Crippen LogP contribution < -0.4 is 5.32 Å². The molecule has 0 radical (unpaired) electrons. The molecule has 1 aromatic rings. The van der Waals surface area contributed by atoms with Crippen molar-refractivity contribution in [3.05, 3.63) is 18.2 Å². The molecule has 90 valence electrons. The summed E-state index contributed by atoms with van der Waals surface area (Å²) in [6, 6.07) is 0.676. The predicted octanol–water partition coefficient (Wildman–Crippen LogP) is 1.09. The van der Waals surface area contributed by atoms with Crippen molar-refractivity contribution in [1.29, 1.82) is 0 Å². The first kappa shape index (κ1) is 11.6. The zero-order valence-corrected chi connectivity index (χ0v) is 10.3. The van der Waals surface area contributed by atoms with E-state index in [-0.39, 0.29) is 0 Å². The van der Waals surface area contributed by atoms with Crippen molar-refractivity contribution < 1.29 is 0 Å². The van der Waals surface area contributed by atoms with Crippen molar-refractivity contribution in [1.82, 2.24) is 19.8 Å². The number of rotatable bonds is 5. The Balaban J connectivity index is 1.84. The second-order valence-corrected chi connectivity index (χ2v) is 4.62. The molecule has 1 saturated heterocycles. The Morgan fingerprint density at radius 3 is 3.19 bits per heavy atom. The first-order valence-corrected chi connectivity index (χ1v) is 6.21. The lowest BCUT2D eigenvalue weighted by molar-refractivity contribution is 0.283. The normalized spacial score (nSPS) is 20.8. The van der Waals surface area contributed by atoms with Crippen LogP contribution in [-0.2, 0) is 13.1 Å². The van der Waals surface area contributed by atoms with E-state index < -0.39 is 0 Å². The van der Waals surface area contributed by atoms with E-state index in [1.54, 1.807) is 0 Å². The Morgan fingerprint density at radius 1 is 1.62 bits per heavy atom. The minimum Gasteiger partial charge on any atom is -0.334 e. The zero-order chi connectivity index (χ0) is 11.4. The van der Waals surface area contributed by atoms with Crippen LogP contribution in [0.25, 0.3) is 0 Å². The molecule has 0 saturated carbocycles. The second-order valence-electron chi connectivity index (χ2n) is 4.62. The van der Waals surface area contributed by atoms with E-state index in [0.29, 0.717) is 6.04 Å². The van der Waals surface area contributed by atoms with E-state index in [1.807, 2.05) is 6.20 Å². The van der Waals surface area contributed by atoms with Crippen molar-refractivity contribution in [2.45, 2.75) is 38.9 Å². The number of nitrogens with zero attached hydrogens (tertiary/aromatic N) is 3. The lowest BCUT2D eigenvalue weighted by Gasteiger charge is -2.20. The van der Waals surface area contributed by atoms with Gasteiger partial charge in [-0.1, -0.05) is 0 Å². The fourth-order valence-corrected chi connectivity index (χ4v) is 2.37. The van der Waals surface area contributed by atoms with Gasteiger partial charge in [0.2, 0.25) is 0 Å². The topological polar surface area (TPSA) is 33.1 Å². The molecule has 4 heteroatoms. The van der Waals surface area contributed by atoms with Gasteiger partial charge in [0.25, 0.3) is 0 Å². The standard InChI is InChI=1S/C12H22N4/c1-3-16-8-7-14-12(16)10-15(2)9-11-5-4-6-13-11/h7-8,11,13H,3-6,9-10H2,1-2H3. The predicted molar refractivity (Wildman–Crippen MR) is 65.3 cm³/mol. The van der Waals surface area contributed by atoms with Crippen molar-refractivity contribution in [3.8, 4) is 0 Å². The summed E-state index contributed by atoms with van der Waals surface area (Å²) in [6.45, 7) is 6.41. The van der Waals surface area contributed by atoms with E-state index >= 15 is 0 Å². The summed E-state index contributed by atoms with van der Waals surface area (Å²) in [7, 11) is 2.18. The first-order chi connectivity index (χ1) is 7.79. The van der Waals surface area contributed by atoms with Crippen LogP contribution in [0.1, 0.15) is 25.6 Å². The molecule has 0 amide bonds. The number of nitrogens with one attached hydrogen (secondary N) is 1. The average molecular weight is 222 g/mol. The third-order valence-corrected chi connectivity index (χ3v) is 3.25. The highest BCUT2D eigenvalue weighted by molar-refractivity contribution is 4.92. The highest BCUT2D eigenvalue weighted by Gasteiger charge is 2.16. The summed E-state index contributed by atoms with van der Waals surface area (Å²) in [4.78, 5) is 6.76. The van der Waals surface area contributed by atoms with Crippen molar-refractivity contribution >= 4 is 0 Å². The molecule has 0 aliphatic carbocycles. The van der Waals surface area contributed by atoms with E-state index in [1.165, 1.54) is 25.2 Å². The van der Waals surface area contributed by atoms with E-state index in [2.05, 4.69) is 39.9 Å². The Labute approximate surface area is 97.7 Å². The molecule has 1 unspecified atom stereocenters. The number of likely N-dealkylation sites (N-methyl/N-ethyl adjacent to an activating group) is 1. The Bertz CT molecular complexity index is 315. The second kappa shape index (κ2) is 5.46. The number of aryl methyl sites for hydroxylation is 1. The average Bonchev–Trinajstić information content (AvgIpc) is 2.88. The van der Waals surface area contributed by atoms with Crippen LogP contribution in [0.15, 0.2) is 12.4 Å². The van der Waals surface area contributed by atoms with Crippen LogP contribution in [-0.4, -0.2) is 40.6 Å². The molecule has 0 aromatic carbocycles. The fourth-order valence-electron chi connectivity index (χ4n) is 2.37. The van der Waals surface area contributed by atoms with Gasteiger partial charge in [-0.3, -0.25) is 4.90 Å². The number of aromatic nitrogens is 2. The quantitative estimate of drug-likeness (QED) is 0.809. The smallest absolute Gasteiger partial charge is 0.122 e. The summed E-state index contributed by atoms with van der Waals surface area (Å²) < 4.78 is 2.21. The van der Waals surface area contributed by atoms with Gasteiger partial charge >= 0.3 is 0 Å². The van der Waals surface area contributed by atoms with Crippen LogP contribution in [0.3, 0.4) is 0 Å². The maximum atomic E-state index is 4.40. The molecule has 2 rings (SSSR count). The molecule has 0 bridgehead atoms. The van der Waals surface area contributed by atoms with Gasteiger partial charge in [0.1, 0.15) is 5.82 Å². The van der Waals surface area contributed by atoms with Gasteiger partial charge in [-0.15, -0.1) is 0 Å². The number of hydrogen-bond acceptors (Lipinski definition) is 3. The van der Waals surface area contributed by atoms with Crippen molar-refractivity contribution in [2.75, 3.05) is 20.1 Å². The molecular weight excluding hydrogens is 200 g/mol. The van der Waals surface area contributed by atoms with Crippen LogP contribution in [0.5, 0.6) is 0 Å². The van der Waals surface area contributed by atoms with Gasteiger partial charge in [-0.05, 0) is 33.4 Å². The molecule has 16 heavy (non-hydrogen) atoms.